The van der Waals surface area contributed by atoms with Gasteiger partial charge in [-0.1, -0.05) is 6.42 Å². The van der Waals surface area contributed by atoms with Gasteiger partial charge in [0, 0.05) is 31.4 Å². The van der Waals surface area contributed by atoms with E-state index >= 15 is 0 Å². The molecule has 3 aliphatic rings. The maximum Gasteiger partial charge on any atom is 0.224 e. The number of hydrogen-bond acceptors (Lipinski definition) is 5. The first-order valence-electron chi connectivity index (χ1n) is 8.33. The van der Waals surface area contributed by atoms with E-state index in [4.69, 9.17) is 4.98 Å². The average molecular weight is 287 g/mol. The number of fused-ring (bicyclic) bond motifs is 2. The number of hydrogen-bond donors (Lipinski definition) is 2. The molecule has 2 saturated carbocycles. The molecule has 4 rings (SSSR count). The average Bonchev–Trinajstić information content (AvgIpc) is 3.23. The topological polar surface area (TPSA) is 53.1 Å². The second kappa shape index (κ2) is 5.44. The van der Waals surface area contributed by atoms with Crippen LogP contribution in [0.4, 0.5) is 11.8 Å². The number of aromatic nitrogens is 2. The molecule has 1 saturated heterocycles. The van der Waals surface area contributed by atoms with Crippen LogP contribution in [0.15, 0.2) is 12.3 Å². The van der Waals surface area contributed by atoms with E-state index < -0.39 is 0 Å². The molecule has 2 aliphatic carbocycles. The predicted octanol–water partition coefficient (Wildman–Crippen LogP) is 1.88. The van der Waals surface area contributed by atoms with Crippen molar-refractivity contribution in [3.8, 4) is 0 Å². The van der Waals surface area contributed by atoms with Crippen molar-refractivity contribution < 1.29 is 0 Å². The third-order valence-corrected chi connectivity index (χ3v) is 5.61. The van der Waals surface area contributed by atoms with Gasteiger partial charge in [-0.3, -0.25) is 0 Å². The molecule has 5 nitrogen and oxygen atoms in total. The molecular formula is C16H25N5. The maximum absolute atomic E-state index is 4.75. The van der Waals surface area contributed by atoms with Crippen molar-refractivity contribution in [1.82, 2.24) is 15.3 Å². The fourth-order valence-electron chi connectivity index (χ4n) is 4.39. The minimum Gasteiger partial charge on any atom is -0.355 e. The van der Waals surface area contributed by atoms with Gasteiger partial charge in [0.05, 0.1) is 0 Å². The molecule has 2 heterocycles. The van der Waals surface area contributed by atoms with Crippen LogP contribution in [-0.2, 0) is 0 Å². The molecule has 1 aromatic rings. The van der Waals surface area contributed by atoms with Crippen LogP contribution in [0.2, 0.25) is 0 Å². The number of likely N-dealkylation sites (N-methyl/N-ethyl adjacent to an activating group) is 1. The Labute approximate surface area is 126 Å². The van der Waals surface area contributed by atoms with Gasteiger partial charge in [0.2, 0.25) is 5.95 Å². The van der Waals surface area contributed by atoms with Crippen molar-refractivity contribution >= 4 is 11.8 Å². The normalized spacial score (nSPS) is 34.6. The Morgan fingerprint density at radius 2 is 2.19 bits per heavy atom. The number of rotatable bonds is 4. The lowest BCUT2D eigenvalue weighted by Gasteiger charge is -2.24. The third-order valence-electron chi connectivity index (χ3n) is 5.61. The Kier molecular flexibility index (Phi) is 3.45. The quantitative estimate of drug-likeness (QED) is 0.885. The Balaban J connectivity index is 1.43. The van der Waals surface area contributed by atoms with Crippen molar-refractivity contribution in [2.24, 2.45) is 11.8 Å². The molecule has 1 aliphatic heterocycles. The molecule has 0 spiro atoms. The fraction of sp³-hybridized carbons (Fsp3) is 0.750. The smallest absolute Gasteiger partial charge is 0.224 e. The summed E-state index contributed by atoms with van der Waals surface area (Å²) in [5.41, 5.74) is 0. The van der Waals surface area contributed by atoms with Crippen molar-refractivity contribution in [1.29, 1.82) is 0 Å². The van der Waals surface area contributed by atoms with Gasteiger partial charge in [0.15, 0.2) is 0 Å². The SMILES string of the molecule is CN[C@H]1CCN(c2ccnc(NC3CC4CCC3C4)n2)C1. The van der Waals surface area contributed by atoms with Gasteiger partial charge in [0.25, 0.3) is 0 Å². The van der Waals surface area contributed by atoms with E-state index in [1.165, 1.54) is 32.1 Å². The summed E-state index contributed by atoms with van der Waals surface area (Å²) < 4.78 is 0. The Morgan fingerprint density at radius 3 is 2.90 bits per heavy atom. The summed E-state index contributed by atoms with van der Waals surface area (Å²) in [6, 6.07) is 3.22. The van der Waals surface area contributed by atoms with Gasteiger partial charge in [-0.2, -0.15) is 4.98 Å². The van der Waals surface area contributed by atoms with Crippen LogP contribution in [0.5, 0.6) is 0 Å². The minimum atomic E-state index is 0.585. The molecule has 0 radical (unpaired) electrons. The first-order valence-corrected chi connectivity index (χ1v) is 8.33. The van der Waals surface area contributed by atoms with Crippen LogP contribution in [0.3, 0.4) is 0 Å². The van der Waals surface area contributed by atoms with Crippen LogP contribution in [-0.4, -0.2) is 42.2 Å². The molecule has 5 heteroatoms. The zero-order chi connectivity index (χ0) is 14.2. The highest BCUT2D eigenvalue weighted by Gasteiger charge is 2.39. The van der Waals surface area contributed by atoms with Crippen LogP contribution in [0.1, 0.15) is 32.1 Å². The van der Waals surface area contributed by atoms with E-state index in [0.29, 0.717) is 12.1 Å². The van der Waals surface area contributed by atoms with Crippen molar-refractivity contribution in [2.45, 2.75) is 44.2 Å². The van der Waals surface area contributed by atoms with Gasteiger partial charge in [-0.05, 0) is 50.6 Å². The highest BCUT2D eigenvalue weighted by atomic mass is 15.3. The van der Waals surface area contributed by atoms with E-state index in [0.717, 1.165) is 36.7 Å². The molecule has 0 aromatic carbocycles. The van der Waals surface area contributed by atoms with Crippen molar-refractivity contribution in [3.63, 3.8) is 0 Å². The van der Waals surface area contributed by atoms with Gasteiger partial charge >= 0.3 is 0 Å². The Bertz CT molecular complexity index is 505. The molecule has 3 fully saturated rings. The second-order valence-corrected chi connectivity index (χ2v) is 6.88. The maximum atomic E-state index is 4.75. The van der Waals surface area contributed by atoms with Crippen LogP contribution in [0, 0.1) is 11.8 Å². The van der Waals surface area contributed by atoms with Gasteiger partial charge in [-0.25, -0.2) is 4.98 Å². The molecule has 114 valence electrons. The van der Waals surface area contributed by atoms with E-state index in [-0.39, 0.29) is 0 Å². The van der Waals surface area contributed by atoms with Gasteiger partial charge in [0.1, 0.15) is 5.82 Å². The third kappa shape index (κ3) is 2.59. The highest BCUT2D eigenvalue weighted by Crippen LogP contribution is 2.45. The lowest BCUT2D eigenvalue weighted by molar-refractivity contribution is 0.438. The molecule has 1 aromatic heterocycles. The van der Waals surface area contributed by atoms with Crippen molar-refractivity contribution in [3.05, 3.63) is 12.3 Å². The zero-order valence-electron chi connectivity index (χ0n) is 12.8. The number of nitrogens with zero attached hydrogens (tertiary/aromatic N) is 3. The second-order valence-electron chi connectivity index (χ2n) is 6.88. The van der Waals surface area contributed by atoms with Crippen molar-refractivity contribution in [2.75, 3.05) is 30.4 Å². The van der Waals surface area contributed by atoms with E-state index in [2.05, 4.69) is 20.5 Å². The first-order chi connectivity index (χ1) is 10.3. The standard InChI is InChI=1S/C16H25N5/c1-17-13-5-7-21(10-13)15-4-6-18-16(20-15)19-14-9-11-2-3-12(14)8-11/h4,6,11-14,17H,2-3,5,7-10H2,1H3,(H,18,19,20)/t11?,12?,13-,14?/m0/s1. The summed E-state index contributed by atoms with van der Waals surface area (Å²) in [5.74, 6) is 3.68. The number of anilines is 2. The van der Waals surface area contributed by atoms with E-state index in [1.807, 2.05) is 19.3 Å². The van der Waals surface area contributed by atoms with Crippen LogP contribution in [0.25, 0.3) is 0 Å². The van der Waals surface area contributed by atoms with Crippen LogP contribution < -0.4 is 15.5 Å². The molecule has 2 bridgehead atoms. The molecule has 4 atom stereocenters. The first kappa shape index (κ1) is 13.3. The number of nitrogens with one attached hydrogen (secondary N) is 2. The summed E-state index contributed by atoms with van der Waals surface area (Å²) in [5, 5.41) is 6.95. The molecule has 3 unspecified atom stereocenters. The minimum absolute atomic E-state index is 0.585. The fourth-order valence-corrected chi connectivity index (χ4v) is 4.39. The van der Waals surface area contributed by atoms with Crippen LogP contribution >= 0.6 is 0 Å². The largest absolute Gasteiger partial charge is 0.355 e. The van der Waals surface area contributed by atoms with E-state index in [1.54, 1.807) is 0 Å². The highest BCUT2D eigenvalue weighted by molar-refractivity contribution is 5.44. The predicted molar refractivity (Wildman–Crippen MR) is 84.6 cm³/mol. The van der Waals surface area contributed by atoms with Gasteiger partial charge < -0.3 is 15.5 Å². The van der Waals surface area contributed by atoms with Gasteiger partial charge in [-0.15, -0.1) is 0 Å². The summed E-state index contributed by atoms with van der Waals surface area (Å²) in [6.07, 6.45) is 8.62. The molecule has 21 heavy (non-hydrogen) atoms. The Morgan fingerprint density at radius 1 is 1.24 bits per heavy atom. The monoisotopic (exact) mass is 287 g/mol. The molecule has 0 amide bonds. The van der Waals surface area contributed by atoms with E-state index in [9.17, 15) is 0 Å². The molecule has 2 N–H and O–H groups in total. The lowest BCUT2D eigenvalue weighted by atomic mass is 9.95. The zero-order valence-corrected chi connectivity index (χ0v) is 12.8. The lowest BCUT2D eigenvalue weighted by Crippen LogP contribution is -2.30. The summed E-state index contributed by atoms with van der Waals surface area (Å²) in [4.78, 5) is 11.5. The summed E-state index contributed by atoms with van der Waals surface area (Å²) in [7, 11) is 2.04. The summed E-state index contributed by atoms with van der Waals surface area (Å²) in [6.45, 7) is 2.12. The Hall–Kier alpha value is -1.36. The molecular weight excluding hydrogens is 262 g/mol. The summed E-state index contributed by atoms with van der Waals surface area (Å²) >= 11 is 0.